The summed E-state index contributed by atoms with van der Waals surface area (Å²) in [6, 6.07) is 18.1. The quantitative estimate of drug-likeness (QED) is 0.355. The van der Waals surface area contributed by atoms with Gasteiger partial charge in [-0.15, -0.1) is 0 Å². The van der Waals surface area contributed by atoms with Gasteiger partial charge in [0.2, 0.25) is 5.88 Å². The number of aromatic nitrogens is 1. The molecule has 1 heterocycles. The van der Waals surface area contributed by atoms with Crippen LogP contribution in [0.5, 0.6) is 5.88 Å². The van der Waals surface area contributed by atoms with Crippen LogP contribution in [0.2, 0.25) is 0 Å². The standard InChI is InChI=1S/C28H27F3N2O2/c1-33(2)12-11-28(34,20-15-22(30)17-23(31)16-20)26(18-7-5-4-6-8-18)24-14-19-13-21(29)9-10-25(19)32-27(24)35-3/h4-10,13-17,26,34H,11-12H2,1-3H3. The molecule has 0 bridgehead atoms. The van der Waals surface area contributed by atoms with Gasteiger partial charge in [0.1, 0.15) is 23.1 Å². The number of halogens is 3. The van der Waals surface area contributed by atoms with E-state index < -0.39 is 29.0 Å². The highest BCUT2D eigenvalue weighted by Crippen LogP contribution is 2.47. The third kappa shape index (κ3) is 5.16. The van der Waals surface area contributed by atoms with E-state index in [0.29, 0.717) is 28.6 Å². The Morgan fingerprint density at radius 3 is 2.23 bits per heavy atom. The first-order chi connectivity index (χ1) is 16.7. The maximum absolute atomic E-state index is 14.4. The van der Waals surface area contributed by atoms with Crippen molar-refractivity contribution in [3.8, 4) is 5.88 Å². The number of pyridine rings is 1. The molecule has 2 atom stereocenters. The predicted molar refractivity (Wildman–Crippen MR) is 130 cm³/mol. The lowest BCUT2D eigenvalue weighted by atomic mass is 9.71. The maximum atomic E-state index is 14.4. The minimum atomic E-state index is -1.76. The first-order valence-corrected chi connectivity index (χ1v) is 11.2. The van der Waals surface area contributed by atoms with Crippen LogP contribution in [-0.4, -0.2) is 42.7 Å². The summed E-state index contributed by atoms with van der Waals surface area (Å²) < 4.78 is 48.5. The largest absolute Gasteiger partial charge is 0.481 e. The molecule has 0 aliphatic heterocycles. The number of hydrogen-bond donors (Lipinski definition) is 1. The molecule has 0 saturated carbocycles. The molecule has 3 aromatic carbocycles. The second-order valence-corrected chi connectivity index (χ2v) is 8.90. The van der Waals surface area contributed by atoms with Crippen molar-refractivity contribution in [1.29, 1.82) is 0 Å². The van der Waals surface area contributed by atoms with Gasteiger partial charge >= 0.3 is 0 Å². The van der Waals surface area contributed by atoms with Crippen molar-refractivity contribution < 1.29 is 23.0 Å². The third-order valence-electron chi connectivity index (χ3n) is 6.19. The van der Waals surface area contributed by atoms with Gasteiger partial charge in [-0.2, -0.15) is 0 Å². The second-order valence-electron chi connectivity index (χ2n) is 8.90. The molecule has 4 rings (SSSR count). The van der Waals surface area contributed by atoms with Gasteiger partial charge in [0.25, 0.3) is 0 Å². The van der Waals surface area contributed by atoms with E-state index >= 15 is 0 Å². The molecule has 0 saturated heterocycles. The molecule has 4 aromatic rings. The summed E-state index contributed by atoms with van der Waals surface area (Å²) >= 11 is 0. The van der Waals surface area contributed by atoms with E-state index in [1.54, 1.807) is 12.1 Å². The molecule has 0 spiro atoms. The molecule has 0 amide bonds. The van der Waals surface area contributed by atoms with E-state index in [-0.39, 0.29) is 17.9 Å². The molecule has 4 nitrogen and oxygen atoms in total. The fourth-order valence-electron chi connectivity index (χ4n) is 4.53. The summed E-state index contributed by atoms with van der Waals surface area (Å²) in [5.41, 5.74) is 0.0152. The topological polar surface area (TPSA) is 45.6 Å². The van der Waals surface area contributed by atoms with E-state index in [2.05, 4.69) is 4.98 Å². The van der Waals surface area contributed by atoms with Crippen molar-refractivity contribution >= 4 is 10.9 Å². The Kier molecular flexibility index (Phi) is 7.10. The highest BCUT2D eigenvalue weighted by molar-refractivity contribution is 5.80. The van der Waals surface area contributed by atoms with E-state index in [0.717, 1.165) is 18.2 Å². The summed E-state index contributed by atoms with van der Waals surface area (Å²) in [4.78, 5) is 6.44. The first kappa shape index (κ1) is 24.7. The second kappa shape index (κ2) is 10.1. The summed E-state index contributed by atoms with van der Waals surface area (Å²) in [6.45, 7) is 0.427. The Morgan fingerprint density at radius 2 is 1.60 bits per heavy atom. The molecule has 35 heavy (non-hydrogen) atoms. The lowest BCUT2D eigenvalue weighted by Gasteiger charge is -2.39. The number of methoxy groups -OCH3 is 1. The Bertz CT molecular complexity index is 1310. The van der Waals surface area contributed by atoms with Crippen molar-refractivity contribution in [2.24, 2.45) is 0 Å². The number of ether oxygens (including phenoxy) is 1. The summed E-state index contributed by atoms with van der Waals surface area (Å²) in [5.74, 6) is -2.61. The van der Waals surface area contributed by atoms with Crippen LogP contribution in [0.1, 0.15) is 29.0 Å². The molecule has 0 aliphatic carbocycles. The van der Waals surface area contributed by atoms with Crippen molar-refractivity contribution in [2.75, 3.05) is 27.7 Å². The lowest BCUT2D eigenvalue weighted by Crippen LogP contribution is -2.38. The molecule has 1 N–H and O–H groups in total. The zero-order valence-corrected chi connectivity index (χ0v) is 19.8. The molecular weight excluding hydrogens is 453 g/mol. The van der Waals surface area contributed by atoms with Crippen LogP contribution >= 0.6 is 0 Å². The summed E-state index contributed by atoms with van der Waals surface area (Å²) in [6.07, 6.45) is 0.146. The maximum Gasteiger partial charge on any atom is 0.217 e. The van der Waals surface area contributed by atoms with E-state index in [1.807, 2.05) is 49.3 Å². The Balaban J connectivity index is 2.04. The molecular formula is C28H27F3N2O2. The number of rotatable bonds is 8. The zero-order chi connectivity index (χ0) is 25.2. The van der Waals surface area contributed by atoms with Gasteiger partial charge < -0.3 is 14.7 Å². The van der Waals surface area contributed by atoms with Gasteiger partial charge in [-0.25, -0.2) is 18.2 Å². The molecule has 1 aromatic heterocycles. The van der Waals surface area contributed by atoms with Crippen molar-refractivity contribution in [2.45, 2.75) is 17.9 Å². The molecule has 182 valence electrons. The normalized spacial score (nSPS) is 14.2. The fraction of sp³-hybridized carbons (Fsp3) is 0.250. The average Bonchev–Trinajstić information content (AvgIpc) is 2.82. The number of fused-ring (bicyclic) bond motifs is 1. The number of nitrogens with zero attached hydrogens (tertiary/aromatic N) is 2. The van der Waals surface area contributed by atoms with Gasteiger partial charge in [0.05, 0.1) is 12.6 Å². The van der Waals surface area contributed by atoms with E-state index in [4.69, 9.17) is 4.74 Å². The van der Waals surface area contributed by atoms with Crippen LogP contribution in [0.15, 0.2) is 72.8 Å². The third-order valence-corrected chi connectivity index (χ3v) is 6.19. The number of hydrogen-bond acceptors (Lipinski definition) is 4. The van der Waals surface area contributed by atoms with Crippen molar-refractivity contribution in [3.05, 3.63) is 107 Å². The highest BCUT2D eigenvalue weighted by atomic mass is 19.1. The van der Waals surface area contributed by atoms with Crippen LogP contribution in [0.25, 0.3) is 10.9 Å². The lowest BCUT2D eigenvalue weighted by molar-refractivity contribution is 0.00326. The smallest absolute Gasteiger partial charge is 0.217 e. The van der Waals surface area contributed by atoms with Gasteiger partial charge in [-0.05, 0) is 68.0 Å². The van der Waals surface area contributed by atoms with Gasteiger partial charge in [-0.1, -0.05) is 30.3 Å². The summed E-state index contributed by atoms with van der Waals surface area (Å²) in [5, 5.41) is 12.9. The minimum Gasteiger partial charge on any atom is -0.481 e. The van der Waals surface area contributed by atoms with Crippen molar-refractivity contribution in [1.82, 2.24) is 9.88 Å². The van der Waals surface area contributed by atoms with Crippen LogP contribution < -0.4 is 4.74 Å². The first-order valence-electron chi connectivity index (χ1n) is 11.2. The highest BCUT2D eigenvalue weighted by Gasteiger charge is 2.42. The summed E-state index contributed by atoms with van der Waals surface area (Å²) in [7, 11) is 5.17. The minimum absolute atomic E-state index is 0.0899. The average molecular weight is 481 g/mol. The number of aliphatic hydroxyl groups is 1. The van der Waals surface area contributed by atoms with Crippen LogP contribution in [0.4, 0.5) is 13.2 Å². The SMILES string of the molecule is COc1nc2ccc(F)cc2cc1C(c1ccccc1)C(O)(CCN(C)C)c1cc(F)cc(F)c1. The molecule has 0 radical (unpaired) electrons. The Labute approximate surface area is 202 Å². The van der Waals surface area contributed by atoms with E-state index in [9.17, 15) is 18.3 Å². The van der Waals surface area contributed by atoms with Crippen LogP contribution in [0, 0.1) is 17.5 Å². The molecule has 0 fully saturated rings. The molecule has 0 aliphatic rings. The number of benzene rings is 3. The molecule has 7 heteroatoms. The van der Waals surface area contributed by atoms with Gasteiger partial charge in [-0.3, -0.25) is 0 Å². The van der Waals surface area contributed by atoms with Gasteiger partial charge in [0, 0.05) is 29.5 Å². The predicted octanol–water partition coefficient (Wildman–Crippen LogP) is 5.63. The fourth-order valence-corrected chi connectivity index (χ4v) is 4.53. The van der Waals surface area contributed by atoms with Crippen molar-refractivity contribution in [3.63, 3.8) is 0 Å². The Morgan fingerprint density at radius 1 is 0.914 bits per heavy atom. The van der Waals surface area contributed by atoms with Gasteiger partial charge in [0.15, 0.2) is 0 Å². The monoisotopic (exact) mass is 480 g/mol. The Hall–Kier alpha value is -3.42. The van der Waals surface area contributed by atoms with E-state index in [1.165, 1.54) is 19.2 Å². The zero-order valence-electron chi connectivity index (χ0n) is 19.8. The van der Waals surface area contributed by atoms with Crippen LogP contribution in [0.3, 0.4) is 0 Å². The van der Waals surface area contributed by atoms with Crippen LogP contribution in [-0.2, 0) is 5.60 Å². The molecule has 2 unspecified atom stereocenters.